The number of hydrogen-bond donors (Lipinski definition) is 0. The smallest absolute Gasteiger partial charge is 0.0594 e. The molecular weight excluding hydrogens is 268 g/mol. The van der Waals surface area contributed by atoms with Crippen molar-refractivity contribution in [3.05, 3.63) is 0 Å². The van der Waals surface area contributed by atoms with E-state index >= 15 is 0 Å². The summed E-state index contributed by atoms with van der Waals surface area (Å²) >= 11 is 3.56. The normalized spacial score (nSPS) is 23.6. The lowest BCUT2D eigenvalue weighted by atomic mass is 9.91. The Labute approximate surface area is 107 Å². The summed E-state index contributed by atoms with van der Waals surface area (Å²) in [4.78, 5) is 5.19. The molecule has 0 unspecified atom stereocenters. The van der Waals surface area contributed by atoms with Crippen LogP contribution < -0.4 is 0 Å². The summed E-state index contributed by atoms with van der Waals surface area (Å²) < 4.78 is 5.37. The van der Waals surface area contributed by atoms with Crippen molar-refractivity contribution in [2.75, 3.05) is 51.3 Å². The van der Waals surface area contributed by atoms with E-state index < -0.39 is 0 Å². The fourth-order valence-corrected chi connectivity index (χ4v) is 2.89. The van der Waals surface area contributed by atoms with Gasteiger partial charge < -0.3 is 4.74 Å². The highest BCUT2D eigenvalue weighted by molar-refractivity contribution is 9.09. The minimum atomic E-state index is 0.874. The molecule has 0 N–H and O–H groups in total. The van der Waals surface area contributed by atoms with Crippen LogP contribution in [0.4, 0.5) is 0 Å². The van der Waals surface area contributed by atoms with Crippen LogP contribution in [-0.4, -0.2) is 67.1 Å². The third-order valence-electron chi connectivity index (χ3n) is 3.77. The van der Waals surface area contributed by atoms with Crippen molar-refractivity contribution in [2.24, 2.45) is 0 Å². The van der Waals surface area contributed by atoms with E-state index in [9.17, 15) is 0 Å². The molecule has 0 atom stereocenters. The van der Waals surface area contributed by atoms with E-state index in [0.29, 0.717) is 0 Å². The largest absolute Gasteiger partial charge is 0.379 e. The zero-order chi connectivity index (χ0) is 11.2. The van der Waals surface area contributed by atoms with Crippen LogP contribution in [0.2, 0.25) is 0 Å². The predicted octanol–water partition coefficient (Wildman–Crippen LogP) is 1.57. The summed E-state index contributed by atoms with van der Waals surface area (Å²) in [6.45, 7) is 7.72. The van der Waals surface area contributed by atoms with Crippen LogP contribution >= 0.6 is 15.9 Å². The minimum Gasteiger partial charge on any atom is -0.379 e. The third kappa shape index (κ3) is 3.69. The lowest BCUT2D eigenvalue weighted by Gasteiger charge is -2.38. The molecule has 0 radical (unpaired) electrons. The monoisotopic (exact) mass is 290 g/mol. The summed E-state index contributed by atoms with van der Waals surface area (Å²) in [5.41, 5.74) is 0. The zero-order valence-corrected chi connectivity index (χ0v) is 11.6. The van der Waals surface area contributed by atoms with Gasteiger partial charge in [-0.2, -0.15) is 0 Å². The highest BCUT2D eigenvalue weighted by Crippen LogP contribution is 2.24. The maximum Gasteiger partial charge on any atom is 0.0594 e. The van der Waals surface area contributed by atoms with Gasteiger partial charge in [-0.1, -0.05) is 22.4 Å². The molecule has 16 heavy (non-hydrogen) atoms. The quantitative estimate of drug-likeness (QED) is 0.691. The van der Waals surface area contributed by atoms with Gasteiger partial charge >= 0.3 is 0 Å². The Morgan fingerprint density at radius 3 is 2.50 bits per heavy atom. The van der Waals surface area contributed by atoms with Crippen molar-refractivity contribution >= 4 is 15.9 Å². The second-order valence-corrected chi connectivity index (χ2v) is 5.56. The average Bonchev–Trinajstić information content (AvgIpc) is 2.25. The summed E-state index contributed by atoms with van der Waals surface area (Å²) in [5, 5.41) is 1.10. The summed E-state index contributed by atoms with van der Waals surface area (Å²) in [5.74, 6) is 0. The van der Waals surface area contributed by atoms with Crippen LogP contribution in [0.3, 0.4) is 0 Å². The number of hydrogen-bond acceptors (Lipinski definition) is 3. The van der Waals surface area contributed by atoms with Crippen LogP contribution in [0.5, 0.6) is 0 Å². The van der Waals surface area contributed by atoms with Gasteiger partial charge in [0.1, 0.15) is 0 Å². The number of ether oxygens (including phenoxy) is 1. The van der Waals surface area contributed by atoms with Crippen molar-refractivity contribution < 1.29 is 4.74 Å². The second kappa shape index (κ2) is 6.94. The third-order valence-corrected chi connectivity index (χ3v) is 4.12. The van der Waals surface area contributed by atoms with E-state index in [1.165, 1.54) is 38.9 Å². The lowest BCUT2D eigenvalue weighted by Crippen LogP contribution is -2.47. The molecule has 94 valence electrons. The SMILES string of the molecule is BrCCN(CCN1CCOCC1)C1CCC1. The van der Waals surface area contributed by atoms with Crippen molar-refractivity contribution in [3.8, 4) is 0 Å². The van der Waals surface area contributed by atoms with E-state index in [0.717, 1.165) is 37.7 Å². The Bertz CT molecular complexity index is 193. The van der Waals surface area contributed by atoms with Gasteiger partial charge in [0.2, 0.25) is 0 Å². The standard InChI is InChI=1S/C12H23BrN2O/c13-4-5-15(12-2-1-3-12)7-6-14-8-10-16-11-9-14/h12H,1-11H2. The van der Waals surface area contributed by atoms with Gasteiger partial charge in [0.15, 0.2) is 0 Å². The number of morpholine rings is 1. The molecule has 1 heterocycles. The Hall–Kier alpha value is 0.360. The fraction of sp³-hybridized carbons (Fsp3) is 1.00. The summed E-state index contributed by atoms with van der Waals surface area (Å²) in [6, 6.07) is 0.874. The number of nitrogens with zero attached hydrogens (tertiary/aromatic N) is 2. The van der Waals surface area contributed by atoms with Crippen molar-refractivity contribution in [3.63, 3.8) is 0 Å². The molecule has 1 saturated heterocycles. The highest BCUT2D eigenvalue weighted by Gasteiger charge is 2.24. The second-order valence-electron chi connectivity index (χ2n) is 4.76. The molecule has 3 nitrogen and oxygen atoms in total. The predicted molar refractivity (Wildman–Crippen MR) is 70.3 cm³/mol. The molecule has 0 amide bonds. The van der Waals surface area contributed by atoms with Gasteiger partial charge in [0.25, 0.3) is 0 Å². The average molecular weight is 291 g/mol. The summed E-state index contributed by atoms with van der Waals surface area (Å²) in [6.07, 6.45) is 4.26. The molecule has 2 fully saturated rings. The maximum atomic E-state index is 5.37. The molecule has 1 saturated carbocycles. The van der Waals surface area contributed by atoms with Crippen LogP contribution in [0, 0.1) is 0 Å². The molecule has 0 aromatic rings. The van der Waals surface area contributed by atoms with Crippen molar-refractivity contribution in [2.45, 2.75) is 25.3 Å². The van der Waals surface area contributed by atoms with E-state index in [-0.39, 0.29) is 0 Å². The molecule has 1 aliphatic carbocycles. The number of rotatable bonds is 6. The van der Waals surface area contributed by atoms with Crippen LogP contribution in [0.15, 0.2) is 0 Å². The van der Waals surface area contributed by atoms with Crippen molar-refractivity contribution in [1.29, 1.82) is 0 Å². The maximum absolute atomic E-state index is 5.37. The van der Waals surface area contributed by atoms with Crippen LogP contribution in [0.1, 0.15) is 19.3 Å². The first kappa shape index (κ1) is 12.8. The number of halogens is 1. The van der Waals surface area contributed by atoms with Gasteiger partial charge in [0, 0.05) is 44.1 Å². The van der Waals surface area contributed by atoms with Gasteiger partial charge in [-0.3, -0.25) is 9.80 Å². The Morgan fingerprint density at radius 1 is 1.19 bits per heavy atom. The minimum absolute atomic E-state index is 0.874. The Kier molecular flexibility index (Phi) is 5.56. The fourth-order valence-electron chi connectivity index (χ4n) is 2.43. The van der Waals surface area contributed by atoms with E-state index in [1.807, 2.05) is 0 Å². The molecule has 0 aromatic heterocycles. The highest BCUT2D eigenvalue weighted by atomic mass is 79.9. The molecule has 0 bridgehead atoms. The van der Waals surface area contributed by atoms with Crippen LogP contribution in [0.25, 0.3) is 0 Å². The molecule has 0 aromatic carbocycles. The van der Waals surface area contributed by atoms with Crippen LogP contribution in [-0.2, 0) is 4.74 Å². The molecular formula is C12H23BrN2O. The Morgan fingerprint density at radius 2 is 1.94 bits per heavy atom. The molecule has 2 aliphatic rings. The molecule has 2 rings (SSSR count). The first-order chi connectivity index (χ1) is 7.90. The lowest BCUT2D eigenvalue weighted by molar-refractivity contribution is 0.0278. The van der Waals surface area contributed by atoms with E-state index in [4.69, 9.17) is 4.74 Å². The van der Waals surface area contributed by atoms with Gasteiger partial charge in [-0.25, -0.2) is 0 Å². The molecule has 1 aliphatic heterocycles. The zero-order valence-electron chi connectivity index (χ0n) is 10.0. The first-order valence-electron chi connectivity index (χ1n) is 6.50. The summed E-state index contributed by atoms with van der Waals surface area (Å²) in [7, 11) is 0. The van der Waals surface area contributed by atoms with E-state index in [1.54, 1.807) is 0 Å². The van der Waals surface area contributed by atoms with E-state index in [2.05, 4.69) is 25.7 Å². The van der Waals surface area contributed by atoms with Gasteiger partial charge in [-0.05, 0) is 12.8 Å². The van der Waals surface area contributed by atoms with Gasteiger partial charge in [0.05, 0.1) is 13.2 Å². The van der Waals surface area contributed by atoms with Crippen molar-refractivity contribution in [1.82, 2.24) is 9.80 Å². The topological polar surface area (TPSA) is 15.7 Å². The number of alkyl halides is 1. The molecule has 0 spiro atoms. The van der Waals surface area contributed by atoms with Gasteiger partial charge in [-0.15, -0.1) is 0 Å². The Balaban J connectivity index is 1.67. The molecule has 4 heteroatoms. The first-order valence-corrected chi connectivity index (χ1v) is 7.62.